The van der Waals surface area contributed by atoms with Gasteiger partial charge in [-0.05, 0) is 172 Å². The molecular formula is C102H81AlCoN5O16P2-. The van der Waals surface area contributed by atoms with Crippen LogP contribution in [0.4, 0.5) is 0 Å². The van der Waals surface area contributed by atoms with Crippen molar-refractivity contribution in [2.24, 2.45) is 9.98 Å². The number of rotatable bonds is 16. The number of fused-ring (bicyclic) bond motifs is 2. The van der Waals surface area contributed by atoms with Crippen LogP contribution in [0, 0.1) is 33.3 Å². The van der Waals surface area contributed by atoms with Crippen LogP contribution in [0.3, 0.4) is 0 Å². The van der Waals surface area contributed by atoms with Crippen LogP contribution in [0.1, 0.15) is 46.5 Å². The van der Waals surface area contributed by atoms with Gasteiger partial charge in [0, 0.05) is 51.2 Å². The Morgan fingerprint density at radius 3 is 0.906 bits per heavy atom. The predicted molar refractivity (Wildman–Crippen MR) is 486 cm³/mol. The van der Waals surface area contributed by atoms with Crippen molar-refractivity contribution in [2.45, 2.75) is 12.8 Å². The summed E-state index contributed by atoms with van der Waals surface area (Å²) in [7, 11) is -4.99. The van der Waals surface area contributed by atoms with E-state index in [-0.39, 0.29) is 35.8 Å². The number of esters is 2. The zero-order valence-electron chi connectivity index (χ0n) is 68.2. The van der Waals surface area contributed by atoms with E-state index >= 15 is 0 Å². The summed E-state index contributed by atoms with van der Waals surface area (Å²) in [5, 5.41) is 34.7. The van der Waals surface area contributed by atoms with Crippen LogP contribution < -0.4 is 51.8 Å². The van der Waals surface area contributed by atoms with Crippen molar-refractivity contribution < 1.29 is 93.5 Å². The molecule has 0 aliphatic carbocycles. The first-order valence-corrected chi connectivity index (χ1v) is 42.9. The summed E-state index contributed by atoms with van der Waals surface area (Å²) in [6.07, 6.45) is 11.8. The standard InChI is InChI=1S/C44H28N4.C36H30NP2.C6H8O4.3C3H4O2.C2H4O.5CO.Al.Co/c1-5-13-29(14-6-1)41-33-21-23-35(45-33)42(30-15-7-2-8-16-30)37-25-27-39(47-37)44(32-19-11-4-12-20-32)40-28-26-38(48-40)43(31-17-9-3-10-18-31)36-24-22-34(41)46-36;1-7-19-31(20-8-1)38(32-21-9-2-10-22-32,33-23-11-3-12-24-33)37-39(34-25-13-4-14-26-34,35-27-15-5-16-28-35)36-29-17-6-18-30-36;1-2-6(9)10-4-3-5(7)8;4-3-1-2-5-3;2*1-2-3(4)5;1-2-3-1;5*1-2;;/h1-28H;1-30H;2H,1,3-4H2,(H,7,8);1-2H2;2*2H,1H2,(H,4,5);1-2H2;;;;;;;/q-2;+1;;;;;;;;;;;+1;/p-1. The molecular weight excluding hydrogens is 1700 g/mol. The summed E-state index contributed by atoms with van der Waals surface area (Å²) in [6, 6.07) is 118. The van der Waals surface area contributed by atoms with Gasteiger partial charge in [0.25, 0.3) is 0 Å². The van der Waals surface area contributed by atoms with Crippen molar-refractivity contribution in [3.63, 3.8) is 0 Å². The molecule has 0 amide bonds. The van der Waals surface area contributed by atoms with Gasteiger partial charge in [-0.1, -0.05) is 250 Å². The molecule has 6 bridgehead atoms. The van der Waals surface area contributed by atoms with E-state index < -0.39 is 53.6 Å². The van der Waals surface area contributed by atoms with Crippen molar-refractivity contribution in [3.05, 3.63) is 479 Å². The minimum atomic E-state index is -2.50. The second kappa shape index (κ2) is 54.3. The van der Waals surface area contributed by atoms with Crippen LogP contribution in [0.2, 0.25) is 0 Å². The second-order valence-electron chi connectivity index (χ2n) is 26.0. The summed E-state index contributed by atoms with van der Waals surface area (Å²) < 4.78 is 62.2. The van der Waals surface area contributed by atoms with Crippen LogP contribution in [0.5, 0.6) is 0 Å². The van der Waals surface area contributed by atoms with Gasteiger partial charge in [0.15, 0.2) is 0 Å². The van der Waals surface area contributed by atoms with E-state index in [0.717, 1.165) is 121 Å². The van der Waals surface area contributed by atoms with Gasteiger partial charge in [-0.15, -0.1) is 4.17 Å². The zero-order valence-corrected chi connectivity index (χ0v) is 72.2. The Bertz CT molecular complexity index is 5730. The number of hydrogen-bond acceptors (Lipinski definition) is 11. The van der Waals surface area contributed by atoms with E-state index in [0.29, 0.717) is 13.0 Å². The monoisotopic (exact) mass is 1780 g/mol. The van der Waals surface area contributed by atoms with E-state index in [9.17, 15) is 19.2 Å². The van der Waals surface area contributed by atoms with Gasteiger partial charge >= 0.3 is 94.5 Å². The quantitative estimate of drug-likeness (QED) is 0.0134. The van der Waals surface area contributed by atoms with Crippen molar-refractivity contribution >= 4 is 125 Å². The van der Waals surface area contributed by atoms with Crippen LogP contribution in [-0.4, -0.2) is 101 Å². The van der Waals surface area contributed by atoms with E-state index in [4.69, 9.17) is 57.5 Å². The number of carboxylic acid groups (broad SMARTS) is 3. The molecule has 633 valence electrons. The summed E-state index contributed by atoms with van der Waals surface area (Å²) >= 11 is -0.533. The minimum Gasteiger partial charge on any atom is -0.148 e. The van der Waals surface area contributed by atoms with E-state index in [2.05, 4.69) is 426 Å². The van der Waals surface area contributed by atoms with Crippen LogP contribution >= 0.6 is 14.1 Å². The van der Waals surface area contributed by atoms with Gasteiger partial charge in [0.1, 0.15) is 13.2 Å². The average Bonchev–Trinajstić information content (AvgIpc) is 1.51. The minimum absolute atomic E-state index is 0. The zero-order chi connectivity index (χ0) is 91.1. The molecule has 25 heteroatoms. The number of epoxide rings is 1. The Morgan fingerprint density at radius 1 is 0.425 bits per heavy atom. The van der Waals surface area contributed by atoms with E-state index in [1.807, 2.05) is 0 Å². The Labute approximate surface area is 752 Å². The first-order valence-electron chi connectivity index (χ1n) is 38.3. The molecule has 21 nitrogen and oxygen atoms in total. The number of carboxylic acids is 3. The number of aliphatic carboxylic acids is 3. The third-order valence-corrected chi connectivity index (χ3v) is 28.5. The molecule has 3 radical (unpaired) electrons. The molecule has 2 saturated heterocycles. The fraction of sp³-hybridized carbons (Fsp3) is 0.0588. The van der Waals surface area contributed by atoms with Gasteiger partial charge in [0.2, 0.25) is 0 Å². The summed E-state index contributed by atoms with van der Waals surface area (Å²) in [4.78, 5) is 59.1. The number of benzene rings is 10. The number of hydrogen-bond donors (Lipinski definition) is 2. The van der Waals surface area contributed by atoms with Gasteiger partial charge in [-0.25, -0.2) is 19.6 Å². The van der Waals surface area contributed by atoms with Gasteiger partial charge in [-0.3, -0.25) is 9.59 Å². The molecule has 127 heavy (non-hydrogen) atoms. The fourth-order valence-electron chi connectivity index (χ4n) is 13.2. The Balaban J connectivity index is 0.000000281. The smallest absolute Gasteiger partial charge is 0.148 e. The summed E-state index contributed by atoms with van der Waals surface area (Å²) in [5.74, 6) is -3.86. The predicted octanol–water partition coefficient (Wildman–Crippen LogP) is 12.7. The van der Waals surface area contributed by atoms with Gasteiger partial charge < -0.3 is 41.4 Å². The van der Waals surface area contributed by atoms with Gasteiger partial charge in [0.05, 0.1) is 102 Å². The SMILES string of the molecule is C1=CC2=C(c3ccccc3)c3ccc4[n]3[Al-][n]3c(ccc3=C(c3ccccc3)C3=NC(=C4c4ccccc4)C=C3)=C(c3ccccc3)C1=N2.C1CO1.C=CC(=O)O.C=CC(=O)OCCC(=O)O.C=CC(=O)[O-].O=C1CCO1.[C-]#[O+].[C-]#[O+].[C-]#[O+].[C-]#[O+].[C-]#[O+].[Co].c1ccc(P(=[N+]=P(c2ccccc2)(c2ccccc2)c2ccccc2)(c2ccccc2)c2ccccc2)cc1. The molecule has 0 atom stereocenters. The number of cyclic esters (lactones) is 1. The number of carbonyl (C=O) groups is 5. The molecule has 6 aliphatic heterocycles. The molecule has 0 saturated carbocycles. The Morgan fingerprint density at radius 2 is 0.685 bits per heavy atom. The van der Waals surface area contributed by atoms with Crippen molar-refractivity contribution in [2.75, 3.05) is 26.4 Å². The third-order valence-electron chi connectivity index (χ3n) is 18.5. The molecule has 6 aliphatic rings. The first-order chi connectivity index (χ1) is 61.8. The molecule has 2 fully saturated rings. The topological polar surface area (TPSA) is 328 Å². The van der Waals surface area contributed by atoms with E-state index in [1.165, 1.54) is 31.8 Å². The number of aliphatic imine (C=N–C) groups is 2. The molecule has 2 aromatic heterocycles. The molecule has 0 spiro atoms. The van der Waals surface area contributed by atoms with Gasteiger partial charge in [-0.2, -0.15) is 0 Å². The van der Waals surface area contributed by atoms with Crippen LogP contribution in [0.15, 0.2) is 411 Å². The maximum atomic E-state index is 10.3. The number of nitrogens with zero attached hydrogens (tertiary/aromatic N) is 5. The molecule has 0 unspecified atom stereocenters. The number of aromatic nitrogens is 2. The molecule has 8 heterocycles. The Hall–Kier alpha value is -14.4. The van der Waals surface area contributed by atoms with Crippen molar-refractivity contribution in [3.8, 4) is 0 Å². The fourth-order valence-corrected chi connectivity index (χ4v) is 24.3. The first kappa shape index (κ1) is 101. The van der Waals surface area contributed by atoms with Crippen molar-refractivity contribution in [1.29, 1.82) is 0 Å². The van der Waals surface area contributed by atoms with Crippen molar-refractivity contribution in [1.82, 2.24) is 11.3 Å². The normalized spacial score (nSPS) is 12.3. The molecule has 12 aromatic rings. The van der Waals surface area contributed by atoms with E-state index in [1.54, 1.807) is 0 Å². The largest absolute Gasteiger partial charge is 0.301 e. The molecule has 10 aromatic carbocycles. The second-order valence-corrected chi connectivity index (χ2v) is 33.6. The third kappa shape index (κ3) is 27.1. The Kier molecular flexibility index (Phi) is 43.4. The molecule has 2 N–H and O–H groups in total. The average molecular weight is 1780 g/mol. The maximum Gasteiger partial charge on any atom is 0.301 e. The number of allylic oxidation sites excluding steroid dienone is 4. The van der Waals surface area contributed by atoms with Crippen LogP contribution in [0.25, 0.3) is 22.3 Å². The number of carbonyl (C=O) groups excluding carboxylic acids is 3. The summed E-state index contributed by atoms with van der Waals surface area (Å²) in [6.45, 7) is 34.0. The number of ether oxygens (including phenoxy) is 3. The molecule has 18 rings (SSSR count). The van der Waals surface area contributed by atoms with Crippen LogP contribution in [-0.2, 0) is 78.2 Å². The summed E-state index contributed by atoms with van der Waals surface area (Å²) in [5.41, 5.74) is 15.3. The maximum absolute atomic E-state index is 10.3.